The van der Waals surface area contributed by atoms with Crippen LogP contribution in [-0.2, 0) is 6.42 Å². The lowest BCUT2D eigenvalue weighted by Crippen LogP contribution is -2.26. The van der Waals surface area contributed by atoms with Gasteiger partial charge in [0, 0.05) is 16.0 Å². The molecule has 3 heteroatoms. The number of hydrogen-bond donors (Lipinski definition) is 1. The number of thioether (sulfide) groups is 1. The third-order valence-electron chi connectivity index (χ3n) is 3.90. The van der Waals surface area contributed by atoms with Gasteiger partial charge in [-0.1, -0.05) is 41.4 Å². The SMILES string of the molecule is Cc1cccc(CCNC2CCSc3ccc(Cl)cc32)c1. The van der Waals surface area contributed by atoms with Crippen molar-refractivity contribution in [2.45, 2.75) is 30.7 Å². The fourth-order valence-electron chi connectivity index (χ4n) is 2.84. The van der Waals surface area contributed by atoms with Crippen LogP contribution in [0.2, 0.25) is 5.02 Å². The highest BCUT2D eigenvalue weighted by molar-refractivity contribution is 7.99. The molecule has 0 aliphatic carbocycles. The van der Waals surface area contributed by atoms with E-state index in [-0.39, 0.29) is 0 Å². The summed E-state index contributed by atoms with van der Waals surface area (Å²) in [5, 5.41) is 4.54. The van der Waals surface area contributed by atoms with E-state index in [1.165, 1.54) is 33.8 Å². The van der Waals surface area contributed by atoms with Gasteiger partial charge in [-0.2, -0.15) is 0 Å². The Kier molecular flexibility index (Phi) is 4.89. The molecule has 0 fully saturated rings. The van der Waals surface area contributed by atoms with Crippen LogP contribution < -0.4 is 5.32 Å². The monoisotopic (exact) mass is 317 g/mol. The van der Waals surface area contributed by atoms with Gasteiger partial charge in [-0.25, -0.2) is 0 Å². The molecule has 1 unspecified atom stereocenters. The molecular weight excluding hydrogens is 298 g/mol. The molecule has 0 saturated carbocycles. The van der Waals surface area contributed by atoms with Crippen LogP contribution in [0, 0.1) is 6.92 Å². The molecule has 0 saturated heterocycles. The van der Waals surface area contributed by atoms with Crippen molar-refractivity contribution >= 4 is 23.4 Å². The molecule has 1 heterocycles. The maximum atomic E-state index is 6.15. The number of halogens is 1. The molecule has 2 aromatic rings. The third kappa shape index (κ3) is 3.82. The van der Waals surface area contributed by atoms with Gasteiger partial charge in [0.25, 0.3) is 0 Å². The summed E-state index contributed by atoms with van der Waals surface area (Å²) in [6.07, 6.45) is 2.24. The number of hydrogen-bond acceptors (Lipinski definition) is 2. The Morgan fingerprint density at radius 1 is 1.24 bits per heavy atom. The Labute approximate surface area is 136 Å². The summed E-state index contributed by atoms with van der Waals surface area (Å²) in [5.74, 6) is 1.18. The second-order valence-corrected chi connectivity index (χ2v) is 7.14. The van der Waals surface area contributed by atoms with Gasteiger partial charge >= 0.3 is 0 Å². The molecule has 3 rings (SSSR count). The van der Waals surface area contributed by atoms with Gasteiger partial charge in [0.2, 0.25) is 0 Å². The summed E-state index contributed by atoms with van der Waals surface area (Å²) in [4.78, 5) is 1.37. The van der Waals surface area contributed by atoms with Crippen LogP contribution in [0.15, 0.2) is 47.4 Å². The summed E-state index contributed by atoms with van der Waals surface area (Å²) < 4.78 is 0. The predicted molar refractivity (Wildman–Crippen MR) is 92.4 cm³/mol. The average molecular weight is 318 g/mol. The van der Waals surface area contributed by atoms with Crippen LogP contribution in [-0.4, -0.2) is 12.3 Å². The number of fused-ring (bicyclic) bond motifs is 1. The highest BCUT2D eigenvalue weighted by Gasteiger charge is 2.20. The maximum Gasteiger partial charge on any atom is 0.0410 e. The molecule has 21 heavy (non-hydrogen) atoms. The fraction of sp³-hybridized carbons (Fsp3) is 0.333. The Bertz CT molecular complexity index is 626. The van der Waals surface area contributed by atoms with E-state index in [2.05, 4.69) is 48.6 Å². The summed E-state index contributed by atoms with van der Waals surface area (Å²) in [7, 11) is 0. The molecular formula is C18H20ClNS. The Morgan fingerprint density at radius 3 is 3.00 bits per heavy atom. The average Bonchev–Trinajstić information content (AvgIpc) is 2.48. The first-order valence-electron chi connectivity index (χ1n) is 7.43. The van der Waals surface area contributed by atoms with Crippen molar-refractivity contribution in [3.63, 3.8) is 0 Å². The first-order valence-corrected chi connectivity index (χ1v) is 8.80. The fourth-order valence-corrected chi connectivity index (χ4v) is 4.12. The van der Waals surface area contributed by atoms with Gasteiger partial charge in [0.15, 0.2) is 0 Å². The largest absolute Gasteiger partial charge is 0.310 e. The second kappa shape index (κ2) is 6.87. The van der Waals surface area contributed by atoms with Gasteiger partial charge in [-0.05, 0) is 61.4 Å². The predicted octanol–water partition coefficient (Wildman–Crippen LogP) is 5.02. The number of benzene rings is 2. The minimum absolute atomic E-state index is 0.435. The quantitative estimate of drug-likeness (QED) is 0.850. The smallest absolute Gasteiger partial charge is 0.0410 e. The zero-order valence-corrected chi connectivity index (χ0v) is 13.8. The molecule has 1 nitrogen and oxygen atoms in total. The lowest BCUT2D eigenvalue weighted by Gasteiger charge is -2.26. The van der Waals surface area contributed by atoms with E-state index in [4.69, 9.17) is 11.6 Å². The van der Waals surface area contributed by atoms with Gasteiger partial charge in [0.05, 0.1) is 0 Å². The molecule has 2 aromatic carbocycles. The first kappa shape index (κ1) is 15.0. The van der Waals surface area contributed by atoms with Crippen molar-refractivity contribution in [3.05, 3.63) is 64.2 Å². The summed E-state index contributed by atoms with van der Waals surface area (Å²) in [6, 6.07) is 15.4. The van der Waals surface area contributed by atoms with Crippen molar-refractivity contribution in [2.24, 2.45) is 0 Å². The van der Waals surface area contributed by atoms with E-state index in [1.807, 2.05) is 17.8 Å². The number of aryl methyl sites for hydroxylation is 1. The molecule has 0 spiro atoms. The Morgan fingerprint density at radius 2 is 2.14 bits per heavy atom. The first-order chi connectivity index (χ1) is 10.2. The number of rotatable bonds is 4. The van der Waals surface area contributed by atoms with Gasteiger partial charge in [-0.15, -0.1) is 11.8 Å². The highest BCUT2D eigenvalue weighted by Crippen LogP contribution is 2.37. The van der Waals surface area contributed by atoms with E-state index in [1.54, 1.807) is 0 Å². The van der Waals surface area contributed by atoms with E-state index in [9.17, 15) is 0 Å². The summed E-state index contributed by atoms with van der Waals surface area (Å²) in [5.41, 5.74) is 4.10. The molecule has 1 N–H and O–H groups in total. The summed E-state index contributed by atoms with van der Waals surface area (Å²) >= 11 is 8.09. The Balaban J connectivity index is 1.63. The van der Waals surface area contributed by atoms with Crippen molar-refractivity contribution in [1.82, 2.24) is 5.32 Å². The van der Waals surface area contributed by atoms with E-state index in [0.717, 1.165) is 18.0 Å². The van der Waals surface area contributed by atoms with Crippen LogP contribution >= 0.6 is 23.4 Å². The van der Waals surface area contributed by atoms with Gasteiger partial charge in [0.1, 0.15) is 0 Å². The van der Waals surface area contributed by atoms with Crippen LogP contribution in [0.4, 0.5) is 0 Å². The van der Waals surface area contributed by atoms with E-state index >= 15 is 0 Å². The normalized spacial score (nSPS) is 17.5. The zero-order chi connectivity index (χ0) is 14.7. The molecule has 0 aromatic heterocycles. The zero-order valence-electron chi connectivity index (χ0n) is 12.2. The molecule has 1 aliphatic heterocycles. The topological polar surface area (TPSA) is 12.0 Å². The van der Waals surface area contributed by atoms with Gasteiger partial charge in [-0.3, -0.25) is 0 Å². The minimum Gasteiger partial charge on any atom is -0.310 e. The second-order valence-electron chi connectivity index (χ2n) is 5.57. The molecule has 0 bridgehead atoms. The van der Waals surface area contributed by atoms with Crippen molar-refractivity contribution in [1.29, 1.82) is 0 Å². The maximum absolute atomic E-state index is 6.15. The molecule has 1 aliphatic rings. The number of nitrogens with one attached hydrogen (secondary N) is 1. The van der Waals surface area contributed by atoms with Crippen LogP contribution in [0.5, 0.6) is 0 Å². The van der Waals surface area contributed by atoms with Crippen molar-refractivity contribution in [3.8, 4) is 0 Å². The third-order valence-corrected chi connectivity index (χ3v) is 5.26. The highest BCUT2D eigenvalue weighted by atomic mass is 35.5. The standard InChI is InChI=1S/C18H20ClNS/c1-13-3-2-4-14(11-13)7-9-20-17-8-10-21-18-6-5-15(19)12-16(17)18/h2-6,11-12,17,20H,7-10H2,1H3. The van der Waals surface area contributed by atoms with Crippen LogP contribution in [0.3, 0.4) is 0 Å². The van der Waals surface area contributed by atoms with Crippen LogP contribution in [0.1, 0.15) is 29.2 Å². The lowest BCUT2D eigenvalue weighted by molar-refractivity contribution is 0.514. The van der Waals surface area contributed by atoms with Crippen molar-refractivity contribution in [2.75, 3.05) is 12.3 Å². The molecule has 110 valence electrons. The van der Waals surface area contributed by atoms with Gasteiger partial charge < -0.3 is 5.32 Å². The molecule has 0 amide bonds. The minimum atomic E-state index is 0.435. The molecule has 1 atom stereocenters. The Hall–Kier alpha value is -0.960. The summed E-state index contributed by atoms with van der Waals surface area (Å²) in [6.45, 7) is 3.15. The molecule has 0 radical (unpaired) electrons. The van der Waals surface area contributed by atoms with Crippen LogP contribution in [0.25, 0.3) is 0 Å². The van der Waals surface area contributed by atoms with E-state index < -0.39 is 0 Å². The lowest BCUT2D eigenvalue weighted by atomic mass is 10.0. The van der Waals surface area contributed by atoms with Crippen molar-refractivity contribution < 1.29 is 0 Å². The van der Waals surface area contributed by atoms with E-state index in [0.29, 0.717) is 6.04 Å².